The van der Waals surface area contributed by atoms with Crippen LogP contribution in [0.4, 0.5) is 5.69 Å². The molecule has 0 saturated heterocycles. The fraction of sp³-hybridized carbons (Fsp3) is 0.333. The maximum Gasteiger partial charge on any atom is 0.238 e. The average Bonchev–Trinajstić information content (AvgIpc) is 3.07. The van der Waals surface area contributed by atoms with Crippen LogP contribution < -0.4 is 15.6 Å². The number of hydrogen-bond donors (Lipinski definition) is 2. The minimum atomic E-state index is -3.80. The van der Waals surface area contributed by atoms with E-state index in [1.807, 2.05) is 12.2 Å². The molecular weight excluding hydrogens is 320 g/mol. The Labute approximate surface area is 133 Å². The van der Waals surface area contributed by atoms with E-state index in [9.17, 15) is 23.1 Å². The number of fused-ring (bicyclic) bond motifs is 2. The number of rotatable bonds is 4. The number of benzene rings is 1. The molecule has 3 rings (SSSR count). The lowest BCUT2D eigenvalue weighted by molar-refractivity contribution is -0.313. The van der Waals surface area contributed by atoms with Crippen molar-refractivity contribution in [1.29, 1.82) is 0 Å². The standard InChI is InChI=1S/C15H16N2O5S/c16-23(21,22)11-5-3-10(4-6-11)17-14(18)12-8-1-2-9(7-8)13(12)15(19)20/h1-6,8-9,12-13H,7H2,(H,17,18)(H,19,20)(H2,16,21,22)/p-1/t8-,9+,12+,13-/m0/s1. The number of carboxylic acid groups (broad SMARTS) is 1. The highest BCUT2D eigenvalue weighted by molar-refractivity contribution is 7.89. The summed E-state index contributed by atoms with van der Waals surface area (Å²) in [5.41, 5.74) is 0.381. The molecule has 1 aromatic carbocycles. The number of primary sulfonamides is 1. The lowest BCUT2D eigenvalue weighted by Crippen LogP contribution is -2.42. The van der Waals surface area contributed by atoms with E-state index in [1.54, 1.807) is 0 Å². The van der Waals surface area contributed by atoms with Crippen molar-refractivity contribution in [3.63, 3.8) is 0 Å². The molecule has 1 aromatic rings. The minimum Gasteiger partial charge on any atom is -0.550 e. The molecule has 0 aromatic heterocycles. The van der Waals surface area contributed by atoms with Gasteiger partial charge in [0.1, 0.15) is 0 Å². The number of carbonyl (C=O) groups excluding carboxylic acids is 2. The Morgan fingerprint density at radius 3 is 2.17 bits per heavy atom. The number of carboxylic acids is 1. The molecule has 23 heavy (non-hydrogen) atoms. The van der Waals surface area contributed by atoms with E-state index in [0.717, 1.165) is 0 Å². The van der Waals surface area contributed by atoms with Crippen LogP contribution in [0.2, 0.25) is 0 Å². The molecule has 0 spiro atoms. The van der Waals surface area contributed by atoms with Gasteiger partial charge in [0.05, 0.1) is 10.8 Å². The fourth-order valence-corrected chi connectivity index (χ4v) is 3.97. The van der Waals surface area contributed by atoms with E-state index in [2.05, 4.69) is 5.32 Å². The maximum atomic E-state index is 12.4. The van der Waals surface area contributed by atoms with Crippen LogP contribution in [0.1, 0.15) is 6.42 Å². The van der Waals surface area contributed by atoms with E-state index in [4.69, 9.17) is 5.14 Å². The van der Waals surface area contributed by atoms with Crippen LogP contribution in [0.15, 0.2) is 41.3 Å². The monoisotopic (exact) mass is 335 g/mol. The normalized spacial score (nSPS) is 28.7. The molecule has 8 heteroatoms. The molecule has 7 nitrogen and oxygen atoms in total. The van der Waals surface area contributed by atoms with Gasteiger partial charge in [0.25, 0.3) is 0 Å². The quantitative estimate of drug-likeness (QED) is 0.714. The van der Waals surface area contributed by atoms with E-state index in [-0.39, 0.29) is 16.7 Å². The molecule has 122 valence electrons. The van der Waals surface area contributed by atoms with Crippen molar-refractivity contribution in [2.24, 2.45) is 28.8 Å². The second-order valence-corrected chi connectivity index (χ2v) is 7.44. The molecule has 0 aliphatic heterocycles. The summed E-state index contributed by atoms with van der Waals surface area (Å²) in [5, 5.41) is 18.9. The van der Waals surface area contributed by atoms with Gasteiger partial charge in [0.15, 0.2) is 0 Å². The number of nitrogens with two attached hydrogens (primary N) is 1. The first-order valence-electron chi connectivity index (χ1n) is 7.10. The van der Waals surface area contributed by atoms with Gasteiger partial charge in [-0.15, -0.1) is 0 Å². The number of amides is 1. The van der Waals surface area contributed by atoms with Gasteiger partial charge in [-0.3, -0.25) is 4.79 Å². The summed E-state index contributed by atoms with van der Waals surface area (Å²) in [7, 11) is -3.80. The maximum absolute atomic E-state index is 12.4. The average molecular weight is 335 g/mol. The number of carbonyl (C=O) groups is 2. The summed E-state index contributed by atoms with van der Waals surface area (Å²) < 4.78 is 22.4. The molecule has 0 radical (unpaired) electrons. The van der Waals surface area contributed by atoms with Gasteiger partial charge < -0.3 is 15.2 Å². The van der Waals surface area contributed by atoms with Crippen LogP contribution in [0.25, 0.3) is 0 Å². The summed E-state index contributed by atoms with van der Waals surface area (Å²) in [6, 6.07) is 5.38. The SMILES string of the molecule is NS(=O)(=O)c1ccc(NC(=O)[C@H]2[C@@H](C(=O)[O-])[C@@H]3C=C[C@H]2C3)cc1. The largest absolute Gasteiger partial charge is 0.550 e. The number of allylic oxidation sites excluding steroid dienone is 2. The third-order valence-corrected chi connectivity index (χ3v) is 5.41. The second kappa shape index (κ2) is 5.47. The molecule has 1 amide bonds. The third-order valence-electron chi connectivity index (χ3n) is 4.48. The fourth-order valence-electron chi connectivity index (χ4n) is 3.45. The predicted octanol–water partition coefficient (Wildman–Crippen LogP) is -0.539. The van der Waals surface area contributed by atoms with Gasteiger partial charge in [-0.1, -0.05) is 12.2 Å². The van der Waals surface area contributed by atoms with Crippen LogP contribution in [-0.4, -0.2) is 20.3 Å². The molecular formula is C15H15N2O5S-. The predicted molar refractivity (Wildman–Crippen MR) is 79.2 cm³/mol. The van der Waals surface area contributed by atoms with E-state index >= 15 is 0 Å². The topological polar surface area (TPSA) is 129 Å². The zero-order chi connectivity index (χ0) is 16.8. The lowest BCUT2D eigenvalue weighted by atomic mass is 9.82. The highest BCUT2D eigenvalue weighted by Crippen LogP contribution is 2.48. The van der Waals surface area contributed by atoms with Crippen LogP contribution >= 0.6 is 0 Å². The second-order valence-electron chi connectivity index (χ2n) is 5.88. The van der Waals surface area contributed by atoms with Crippen molar-refractivity contribution < 1.29 is 23.1 Å². The zero-order valence-electron chi connectivity index (χ0n) is 12.0. The number of sulfonamides is 1. The van der Waals surface area contributed by atoms with Crippen molar-refractivity contribution in [2.45, 2.75) is 11.3 Å². The van der Waals surface area contributed by atoms with E-state index in [0.29, 0.717) is 12.1 Å². The van der Waals surface area contributed by atoms with Crippen LogP contribution in [0.3, 0.4) is 0 Å². The Balaban J connectivity index is 1.77. The highest BCUT2D eigenvalue weighted by atomic mass is 32.2. The summed E-state index contributed by atoms with van der Waals surface area (Å²) in [6.45, 7) is 0. The highest BCUT2D eigenvalue weighted by Gasteiger charge is 2.48. The Morgan fingerprint density at radius 2 is 1.65 bits per heavy atom. The summed E-state index contributed by atoms with van der Waals surface area (Å²) in [4.78, 5) is 23.7. The summed E-state index contributed by atoms with van der Waals surface area (Å²) in [6.07, 6.45) is 4.34. The van der Waals surface area contributed by atoms with Crippen molar-refractivity contribution >= 4 is 27.6 Å². The first kappa shape index (κ1) is 15.7. The van der Waals surface area contributed by atoms with Crippen LogP contribution in [0.5, 0.6) is 0 Å². The van der Waals surface area contributed by atoms with Gasteiger partial charge in [0, 0.05) is 17.6 Å². The van der Waals surface area contributed by atoms with Crippen molar-refractivity contribution in [2.75, 3.05) is 5.32 Å². The van der Waals surface area contributed by atoms with Gasteiger partial charge in [0.2, 0.25) is 15.9 Å². The molecule has 1 saturated carbocycles. The Bertz CT molecular complexity index is 785. The van der Waals surface area contributed by atoms with Gasteiger partial charge in [-0.05, 0) is 42.5 Å². The molecule has 2 aliphatic rings. The lowest BCUT2D eigenvalue weighted by Gasteiger charge is -2.27. The van der Waals surface area contributed by atoms with E-state index in [1.165, 1.54) is 24.3 Å². The Kier molecular flexibility index (Phi) is 3.73. The molecule has 2 bridgehead atoms. The molecule has 0 unspecified atom stereocenters. The summed E-state index contributed by atoms with van der Waals surface area (Å²) >= 11 is 0. The zero-order valence-corrected chi connectivity index (χ0v) is 12.8. The third kappa shape index (κ3) is 2.87. The first-order valence-corrected chi connectivity index (χ1v) is 8.65. The Hall–Kier alpha value is -2.19. The van der Waals surface area contributed by atoms with Gasteiger partial charge in [-0.2, -0.15) is 0 Å². The van der Waals surface area contributed by atoms with Crippen LogP contribution in [-0.2, 0) is 19.6 Å². The molecule has 2 aliphatic carbocycles. The van der Waals surface area contributed by atoms with E-state index < -0.39 is 33.7 Å². The summed E-state index contributed by atoms with van der Waals surface area (Å²) in [5.74, 6) is -3.38. The van der Waals surface area contributed by atoms with Crippen LogP contribution in [0, 0.1) is 23.7 Å². The van der Waals surface area contributed by atoms with Crippen molar-refractivity contribution in [3.05, 3.63) is 36.4 Å². The number of anilines is 1. The molecule has 0 heterocycles. The number of aliphatic carboxylic acids is 1. The van der Waals surface area contributed by atoms with Gasteiger partial charge >= 0.3 is 0 Å². The number of hydrogen-bond acceptors (Lipinski definition) is 5. The Morgan fingerprint density at radius 1 is 1.09 bits per heavy atom. The van der Waals surface area contributed by atoms with Gasteiger partial charge in [-0.25, -0.2) is 13.6 Å². The van der Waals surface area contributed by atoms with Crippen molar-refractivity contribution in [1.82, 2.24) is 0 Å². The molecule has 4 atom stereocenters. The molecule has 3 N–H and O–H groups in total. The molecule has 1 fully saturated rings. The minimum absolute atomic E-state index is 0.0639. The number of nitrogens with one attached hydrogen (secondary N) is 1. The first-order chi connectivity index (χ1) is 10.8. The van der Waals surface area contributed by atoms with Crippen molar-refractivity contribution in [3.8, 4) is 0 Å². The smallest absolute Gasteiger partial charge is 0.238 e.